The summed E-state index contributed by atoms with van der Waals surface area (Å²) in [7, 11) is 1.54. The van der Waals surface area contributed by atoms with Crippen LogP contribution in [0.25, 0.3) is 0 Å². The minimum atomic E-state index is -0.593. The first-order chi connectivity index (χ1) is 10.7. The van der Waals surface area contributed by atoms with E-state index >= 15 is 0 Å². The summed E-state index contributed by atoms with van der Waals surface area (Å²) in [5, 5.41) is 14.0. The van der Waals surface area contributed by atoms with Crippen molar-refractivity contribution in [3.63, 3.8) is 0 Å². The van der Waals surface area contributed by atoms with Crippen molar-refractivity contribution in [3.8, 4) is 17.4 Å². The highest BCUT2D eigenvalue weighted by molar-refractivity contribution is 5.62. The molecule has 2 aromatic rings. The van der Waals surface area contributed by atoms with Gasteiger partial charge in [-0.1, -0.05) is 6.08 Å². The van der Waals surface area contributed by atoms with Gasteiger partial charge < -0.3 is 14.8 Å². The molecule has 0 amide bonds. The van der Waals surface area contributed by atoms with E-state index in [4.69, 9.17) is 9.47 Å². The van der Waals surface area contributed by atoms with E-state index in [1.54, 1.807) is 37.5 Å². The maximum atomic E-state index is 11.3. The molecular weight excluding hydrogens is 288 g/mol. The molecule has 22 heavy (non-hydrogen) atoms. The predicted octanol–water partition coefficient (Wildman–Crippen LogP) is 2.78. The number of hydrogen-bond acceptors (Lipinski definition) is 7. The highest BCUT2D eigenvalue weighted by atomic mass is 16.6. The van der Waals surface area contributed by atoms with Gasteiger partial charge in [-0.2, -0.15) is 4.98 Å². The van der Waals surface area contributed by atoms with Crippen molar-refractivity contribution < 1.29 is 14.4 Å². The Kier molecular flexibility index (Phi) is 4.86. The van der Waals surface area contributed by atoms with Gasteiger partial charge in [0, 0.05) is 6.54 Å². The lowest BCUT2D eigenvalue weighted by molar-refractivity contribution is -0.385. The van der Waals surface area contributed by atoms with E-state index in [1.807, 2.05) is 0 Å². The molecule has 0 unspecified atom stereocenters. The third kappa shape index (κ3) is 3.48. The van der Waals surface area contributed by atoms with Crippen LogP contribution >= 0.6 is 0 Å². The molecule has 0 saturated heterocycles. The number of nitro groups is 1. The lowest BCUT2D eigenvalue weighted by Crippen LogP contribution is -2.06. The number of methoxy groups -OCH3 is 1. The second kappa shape index (κ2) is 7.02. The van der Waals surface area contributed by atoms with Crippen molar-refractivity contribution in [1.82, 2.24) is 9.97 Å². The third-order valence-corrected chi connectivity index (χ3v) is 2.66. The summed E-state index contributed by atoms with van der Waals surface area (Å²) >= 11 is 0. The van der Waals surface area contributed by atoms with E-state index in [-0.39, 0.29) is 17.4 Å². The zero-order chi connectivity index (χ0) is 15.9. The molecule has 1 aromatic heterocycles. The van der Waals surface area contributed by atoms with Crippen LogP contribution in [0.15, 0.2) is 43.2 Å². The molecule has 0 atom stereocenters. The number of aromatic nitrogens is 2. The van der Waals surface area contributed by atoms with E-state index < -0.39 is 4.92 Å². The average Bonchev–Trinajstić information content (AvgIpc) is 2.53. The van der Waals surface area contributed by atoms with Crippen molar-refractivity contribution in [3.05, 3.63) is 53.4 Å². The second-order valence-corrected chi connectivity index (χ2v) is 4.08. The molecule has 0 spiro atoms. The fraction of sp³-hybridized carbons (Fsp3) is 0.143. The highest BCUT2D eigenvalue weighted by Gasteiger charge is 2.24. The summed E-state index contributed by atoms with van der Waals surface area (Å²) in [4.78, 5) is 18.4. The quantitative estimate of drug-likeness (QED) is 0.477. The fourth-order valence-corrected chi connectivity index (χ4v) is 1.66. The van der Waals surface area contributed by atoms with Crippen LogP contribution in [0.5, 0.6) is 17.4 Å². The minimum absolute atomic E-state index is 0.0726. The molecule has 114 valence electrons. The Hall–Kier alpha value is -3.16. The van der Waals surface area contributed by atoms with Gasteiger partial charge in [-0.15, -0.1) is 6.58 Å². The molecule has 0 aliphatic carbocycles. The molecule has 0 radical (unpaired) electrons. The number of hydrogen-bond donors (Lipinski definition) is 1. The van der Waals surface area contributed by atoms with Crippen molar-refractivity contribution in [1.29, 1.82) is 0 Å². The predicted molar refractivity (Wildman–Crippen MR) is 80.4 cm³/mol. The summed E-state index contributed by atoms with van der Waals surface area (Å²) in [6, 6.07) is 6.61. The van der Waals surface area contributed by atoms with E-state index in [1.165, 1.54) is 6.33 Å². The molecule has 0 fully saturated rings. The van der Waals surface area contributed by atoms with Crippen LogP contribution in [-0.4, -0.2) is 28.5 Å². The fourth-order valence-electron chi connectivity index (χ4n) is 1.66. The summed E-state index contributed by atoms with van der Waals surface area (Å²) < 4.78 is 10.5. The van der Waals surface area contributed by atoms with E-state index in [2.05, 4.69) is 21.9 Å². The molecule has 1 aromatic carbocycles. The zero-order valence-corrected chi connectivity index (χ0v) is 11.9. The van der Waals surface area contributed by atoms with E-state index in [0.717, 1.165) is 0 Å². The zero-order valence-electron chi connectivity index (χ0n) is 11.9. The summed E-state index contributed by atoms with van der Waals surface area (Å²) in [6.45, 7) is 3.87. The third-order valence-electron chi connectivity index (χ3n) is 2.66. The number of anilines is 1. The van der Waals surface area contributed by atoms with Gasteiger partial charge in [0.05, 0.1) is 12.0 Å². The van der Waals surface area contributed by atoms with Gasteiger partial charge in [0.25, 0.3) is 0 Å². The van der Waals surface area contributed by atoms with E-state index in [0.29, 0.717) is 18.0 Å². The van der Waals surface area contributed by atoms with Crippen LogP contribution < -0.4 is 14.8 Å². The molecule has 0 aliphatic heterocycles. The maximum Gasteiger partial charge on any atom is 0.373 e. The molecule has 0 bridgehead atoms. The number of ether oxygens (including phenoxy) is 2. The Morgan fingerprint density at radius 2 is 2.00 bits per heavy atom. The van der Waals surface area contributed by atoms with Crippen LogP contribution in [0.3, 0.4) is 0 Å². The Labute approximate surface area is 126 Å². The summed E-state index contributed by atoms with van der Waals surface area (Å²) in [5.41, 5.74) is -0.333. The SMILES string of the molecule is C=CCNc1ncnc(Oc2ccc(OC)cc2)c1[N+](=O)[O-]. The number of nitrogens with zero attached hydrogens (tertiary/aromatic N) is 3. The summed E-state index contributed by atoms with van der Waals surface area (Å²) in [5.74, 6) is 0.982. The number of rotatable bonds is 7. The second-order valence-electron chi connectivity index (χ2n) is 4.08. The Morgan fingerprint density at radius 1 is 1.32 bits per heavy atom. The van der Waals surface area contributed by atoms with Crippen LogP contribution in [-0.2, 0) is 0 Å². The molecule has 1 heterocycles. The van der Waals surface area contributed by atoms with E-state index in [9.17, 15) is 10.1 Å². The Bertz CT molecular complexity index is 673. The van der Waals surface area contributed by atoms with Gasteiger partial charge in [-0.25, -0.2) is 4.98 Å². The van der Waals surface area contributed by atoms with Crippen LogP contribution in [0.1, 0.15) is 0 Å². The summed E-state index contributed by atoms with van der Waals surface area (Å²) in [6.07, 6.45) is 2.76. The van der Waals surface area contributed by atoms with Gasteiger partial charge in [0.1, 0.15) is 17.8 Å². The molecule has 2 rings (SSSR count). The molecule has 8 nitrogen and oxygen atoms in total. The van der Waals surface area contributed by atoms with Crippen LogP contribution in [0, 0.1) is 10.1 Å². The van der Waals surface area contributed by atoms with Crippen molar-refractivity contribution in [2.24, 2.45) is 0 Å². The number of benzene rings is 1. The first-order valence-corrected chi connectivity index (χ1v) is 6.31. The first-order valence-electron chi connectivity index (χ1n) is 6.31. The topological polar surface area (TPSA) is 99.4 Å². The van der Waals surface area contributed by atoms with Crippen LogP contribution in [0.2, 0.25) is 0 Å². The normalized spacial score (nSPS) is 9.86. The van der Waals surface area contributed by atoms with Gasteiger partial charge >= 0.3 is 11.6 Å². The largest absolute Gasteiger partial charge is 0.497 e. The Balaban J connectivity index is 2.32. The molecule has 0 aliphatic rings. The lowest BCUT2D eigenvalue weighted by atomic mass is 10.3. The average molecular weight is 302 g/mol. The van der Waals surface area contributed by atoms with Gasteiger partial charge in [-0.3, -0.25) is 10.1 Å². The first kappa shape index (κ1) is 15.2. The number of nitrogens with one attached hydrogen (secondary N) is 1. The molecule has 1 N–H and O–H groups in total. The molecule has 8 heteroatoms. The Morgan fingerprint density at radius 3 is 2.59 bits per heavy atom. The maximum absolute atomic E-state index is 11.3. The van der Waals surface area contributed by atoms with Gasteiger partial charge in [0.2, 0.25) is 5.82 Å². The minimum Gasteiger partial charge on any atom is -0.497 e. The lowest BCUT2D eigenvalue weighted by Gasteiger charge is -2.08. The van der Waals surface area contributed by atoms with Gasteiger partial charge in [-0.05, 0) is 24.3 Å². The smallest absolute Gasteiger partial charge is 0.373 e. The highest BCUT2D eigenvalue weighted by Crippen LogP contribution is 2.34. The van der Waals surface area contributed by atoms with Crippen molar-refractivity contribution in [2.75, 3.05) is 19.0 Å². The molecular formula is C14H14N4O4. The standard InChI is InChI=1S/C14H14N4O4/c1-3-8-15-13-12(18(19)20)14(17-9-16-13)22-11-6-4-10(21-2)5-7-11/h3-7,9H,1,8H2,2H3,(H,15,16,17). The van der Waals surface area contributed by atoms with Crippen LogP contribution in [0.4, 0.5) is 11.5 Å². The van der Waals surface area contributed by atoms with Gasteiger partial charge in [0.15, 0.2) is 0 Å². The molecule has 0 saturated carbocycles. The monoisotopic (exact) mass is 302 g/mol. The van der Waals surface area contributed by atoms with Crippen molar-refractivity contribution >= 4 is 11.5 Å². The van der Waals surface area contributed by atoms with Crippen molar-refractivity contribution in [2.45, 2.75) is 0 Å².